The number of rotatable bonds is 12. The van der Waals surface area contributed by atoms with Crippen molar-refractivity contribution in [2.45, 2.75) is 175 Å². The summed E-state index contributed by atoms with van der Waals surface area (Å²) < 4.78 is 36.3. The highest BCUT2D eigenvalue weighted by Gasteiger charge is 2.68. The van der Waals surface area contributed by atoms with E-state index in [1.54, 1.807) is 37.8 Å². The van der Waals surface area contributed by atoms with E-state index >= 15 is 0 Å². The predicted octanol–water partition coefficient (Wildman–Crippen LogP) is 7.66. The van der Waals surface area contributed by atoms with Crippen LogP contribution in [0.15, 0.2) is 18.2 Å². The van der Waals surface area contributed by atoms with Gasteiger partial charge in [0.2, 0.25) is 5.91 Å². The summed E-state index contributed by atoms with van der Waals surface area (Å²) in [6.07, 6.45) is 4.44. The lowest BCUT2D eigenvalue weighted by atomic mass is 9.43. The lowest BCUT2D eigenvalue weighted by molar-refractivity contribution is -0.199. The Morgan fingerprint density at radius 1 is 0.897 bits per heavy atom. The van der Waals surface area contributed by atoms with Gasteiger partial charge in [0.25, 0.3) is 0 Å². The average molecular weight is 812 g/mol. The van der Waals surface area contributed by atoms with Gasteiger partial charge < -0.3 is 43.8 Å². The highest BCUT2D eigenvalue weighted by molar-refractivity contribution is 6.48. The van der Waals surface area contributed by atoms with Crippen molar-refractivity contribution in [3.8, 4) is 5.75 Å². The molecule has 3 amide bonds. The molecule has 0 unspecified atom stereocenters. The maximum atomic E-state index is 14.0. The minimum atomic E-state index is -0.698. The van der Waals surface area contributed by atoms with Gasteiger partial charge in [-0.3, -0.25) is 4.79 Å². The minimum Gasteiger partial charge on any atom is -0.496 e. The molecule has 0 spiro atoms. The molecule has 1 aromatic carbocycles. The van der Waals surface area contributed by atoms with Crippen LogP contribution in [-0.2, 0) is 34.7 Å². The van der Waals surface area contributed by atoms with Crippen LogP contribution in [0.25, 0.3) is 0 Å². The van der Waals surface area contributed by atoms with Crippen molar-refractivity contribution >= 4 is 31.2 Å². The molecule has 4 aliphatic carbocycles. The number of esters is 1. The van der Waals surface area contributed by atoms with Crippen LogP contribution >= 0.6 is 0 Å². The Morgan fingerprint density at radius 3 is 2.12 bits per heavy atom. The van der Waals surface area contributed by atoms with Gasteiger partial charge in [0.1, 0.15) is 28.1 Å². The Morgan fingerprint density at radius 2 is 1.53 bits per heavy atom. The third kappa shape index (κ3) is 11.0. The molecule has 2 bridgehead atoms. The molecule has 1 aromatic rings. The molecule has 6 rings (SSSR count). The van der Waals surface area contributed by atoms with Gasteiger partial charge in [0.05, 0.1) is 24.8 Å². The second-order valence-electron chi connectivity index (χ2n) is 20.7. The average Bonchev–Trinajstić information content (AvgIpc) is 3.45. The lowest BCUT2D eigenvalue weighted by Crippen LogP contribution is -2.65. The van der Waals surface area contributed by atoms with Crippen molar-refractivity contribution in [3.63, 3.8) is 0 Å². The minimum absolute atomic E-state index is 0.0776. The van der Waals surface area contributed by atoms with Gasteiger partial charge >= 0.3 is 25.3 Å². The Labute approximate surface area is 346 Å². The Hall–Kier alpha value is -3.52. The SMILES string of the molecule is COc1c(C[C@H](NC(=O)C[C@H]2CC[C@H](N(CCNC(=O)OC(C)(C)C)C(=O)OC(C)(C)C)CC2)B2O[C@@H]3C[C@@H]4C[C@@H](C4(C)C)[C@]3(C)O2)cccc1C(=O)OC(C)(C)C. The van der Waals surface area contributed by atoms with Gasteiger partial charge in [-0.2, -0.15) is 0 Å². The first kappa shape index (κ1) is 45.6. The summed E-state index contributed by atoms with van der Waals surface area (Å²) in [6, 6.07) is 5.29. The van der Waals surface area contributed by atoms with E-state index < -0.39 is 53.6 Å². The number of alkyl carbamates (subject to hydrolysis) is 1. The molecule has 1 saturated heterocycles. The highest BCUT2D eigenvalue weighted by Crippen LogP contribution is 2.65. The number of methoxy groups -OCH3 is 1. The van der Waals surface area contributed by atoms with Crippen LogP contribution in [0.2, 0.25) is 0 Å². The topological polar surface area (TPSA) is 151 Å². The molecule has 0 aromatic heterocycles. The molecule has 58 heavy (non-hydrogen) atoms. The number of hydrogen-bond acceptors (Lipinski definition) is 10. The molecule has 5 aliphatic rings. The zero-order valence-electron chi connectivity index (χ0n) is 37.4. The van der Waals surface area contributed by atoms with E-state index in [1.165, 1.54) is 7.11 Å². The van der Waals surface area contributed by atoms with E-state index in [-0.39, 0.29) is 42.5 Å². The summed E-state index contributed by atoms with van der Waals surface area (Å²) in [5.41, 5.74) is -1.28. The second kappa shape index (κ2) is 17.2. The van der Waals surface area contributed by atoms with E-state index in [4.69, 9.17) is 28.3 Å². The molecule has 2 N–H and O–H groups in total. The lowest BCUT2D eigenvalue weighted by Gasteiger charge is -2.64. The van der Waals surface area contributed by atoms with E-state index in [0.717, 1.165) is 31.2 Å². The first-order valence-electron chi connectivity index (χ1n) is 21.3. The summed E-state index contributed by atoms with van der Waals surface area (Å²) in [5, 5.41) is 6.06. The monoisotopic (exact) mass is 812 g/mol. The van der Waals surface area contributed by atoms with Gasteiger partial charge in [0, 0.05) is 25.6 Å². The van der Waals surface area contributed by atoms with Crippen LogP contribution < -0.4 is 15.4 Å². The zero-order chi connectivity index (χ0) is 43.0. The maximum absolute atomic E-state index is 14.0. The molecular formula is C44H70BN3O10. The molecule has 14 heteroatoms. The zero-order valence-corrected chi connectivity index (χ0v) is 37.4. The molecule has 1 heterocycles. The number of nitrogens with zero attached hydrogens (tertiary/aromatic N) is 1. The third-order valence-electron chi connectivity index (χ3n) is 12.4. The first-order chi connectivity index (χ1) is 26.8. The van der Waals surface area contributed by atoms with Crippen molar-refractivity contribution in [2.24, 2.45) is 23.2 Å². The van der Waals surface area contributed by atoms with Gasteiger partial charge in [0.15, 0.2) is 0 Å². The van der Waals surface area contributed by atoms with Gasteiger partial charge in [-0.1, -0.05) is 26.0 Å². The number of para-hydroxylation sites is 1. The summed E-state index contributed by atoms with van der Waals surface area (Å²) in [6.45, 7) is 23.6. The molecule has 5 atom stereocenters. The Bertz CT molecular complexity index is 1660. The standard InChI is InChI=1S/C44H70BN3O10/c1-40(2,3)54-37(50)31-16-14-15-28(36(31)53-13)24-34(45-57-33-26-29-25-32(43(29,10)11)44(33,12)58-45)47-35(49)23-27-17-19-30(20-18-27)48(39(52)56-42(7,8)9)22-21-46-38(51)55-41(4,5)6/h14-16,27,29-30,32-34H,17-26H2,1-13H3,(H,46,51)(H,47,49)/t27-,29-,30-,32-,33+,34-,44-/m0/s1. The number of ether oxygens (including phenoxy) is 4. The molecular weight excluding hydrogens is 741 g/mol. The van der Waals surface area contributed by atoms with E-state index in [9.17, 15) is 19.2 Å². The maximum Gasteiger partial charge on any atom is 0.482 e. The molecule has 324 valence electrons. The Kier molecular flexibility index (Phi) is 13.5. The fourth-order valence-electron chi connectivity index (χ4n) is 9.53. The van der Waals surface area contributed by atoms with E-state index in [2.05, 4.69) is 31.4 Å². The van der Waals surface area contributed by atoms with E-state index in [0.29, 0.717) is 48.8 Å². The van der Waals surface area contributed by atoms with Crippen LogP contribution in [0.3, 0.4) is 0 Å². The fourth-order valence-corrected chi connectivity index (χ4v) is 9.53. The van der Waals surface area contributed by atoms with Crippen LogP contribution in [0.1, 0.15) is 144 Å². The highest BCUT2D eigenvalue weighted by atomic mass is 16.7. The quantitative estimate of drug-likeness (QED) is 0.122. The molecule has 4 saturated carbocycles. The number of benzene rings is 1. The summed E-state index contributed by atoms with van der Waals surface area (Å²) in [4.78, 5) is 54.7. The molecule has 5 fully saturated rings. The smallest absolute Gasteiger partial charge is 0.482 e. The number of carbonyl (C=O) groups is 4. The number of amides is 3. The van der Waals surface area contributed by atoms with Crippen LogP contribution in [-0.4, -0.2) is 96.8 Å². The van der Waals surface area contributed by atoms with Crippen LogP contribution in [0.5, 0.6) is 5.75 Å². The van der Waals surface area contributed by atoms with Crippen LogP contribution in [0, 0.1) is 23.2 Å². The largest absolute Gasteiger partial charge is 0.496 e. The van der Waals surface area contributed by atoms with Crippen molar-refractivity contribution in [1.29, 1.82) is 0 Å². The number of carbonyl (C=O) groups excluding carboxylic acids is 4. The second-order valence-corrected chi connectivity index (χ2v) is 20.7. The predicted molar refractivity (Wildman–Crippen MR) is 221 cm³/mol. The summed E-state index contributed by atoms with van der Waals surface area (Å²) in [5.74, 6) is 0.252. The van der Waals surface area contributed by atoms with Gasteiger partial charge in [-0.25, -0.2) is 14.4 Å². The molecule has 1 aliphatic heterocycles. The third-order valence-corrected chi connectivity index (χ3v) is 12.4. The molecule has 13 nitrogen and oxygen atoms in total. The van der Waals surface area contributed by atoms with E-state index in [1.807, 2.05) is 47.6 Å². The normalized spacial score (nSPS) is 27.0. The van der Waals surface area contributed by atoms with Crippen molar-refractivity contribution in [2.75, 3.05) is 20.2 Å². The Balaban J connectivity index is 1.28. The van der Waals surface area contributed by atoms with Gasteiger partial charge in [-0.15, -0.1) is 0 Å². The van der Waals surface area contributed by atoms with Crippen molar-refractivity contribution in [3.05, 3.63) is 29.3 Å². The fraction of sp³-hybridized carbons (Fsp3) is 0.773. The van der Waals surface area contributed by atoms with Gasteiger partial charge in [-0.05, 0) is 149 Å². The van der Waals surface area contributed by atoms with Crippen molar-refractivity contribution < 1.29 is 47.4 Å². The molecule has 0 radical (unpaired) electrons. The number of hydrogen-bond donors (Lipinski definition) is 2. The summed E-state index contributed by atoms with van der Waals surface area (Å²) in [7, 11) is 0.836. The summed E-state index contributed by atoms with van der Waals surface area (Å²) >= 11 is 0. The first-order valence-corrected chi connectivity index (χ1v) is 21.3. The van der Waals surface area contributed by atoms with Crippen molar-refractivity contribution in [1.82, 2.24) is 15.5 Å². The number of nitrogens with one attached hydrogen (secondary N) is 2. The van der Waals surface area contributed by atoms with Crippen LogP contribution in [0.4, 0.5) is 9.59 Å².